The molecule has 0 fully saturated rings. The Bertz CT molecular complexity index is 1560. The third kappa shape index (κ3) is 5.65. The Hall–Kier alpha value is -4.17. The number of azo groups is 2. The molecule has 188 valence electrons. The predicted octanol–water partition coefficient (Wildman–Crippen LogP) is 9.85. The molecule has 0 unspecified atom stereocenters. The molecule has 4 aromatic rings. The molecule has 0 spiro atoms. The van der Waals surface area contributed by atoms with E-state index in [0.29, 0.717) is 17.1 Å². The van der Waals surface area contributed by atoms with Crippen LogP contribution in [0.3, 0.4) is 0 Å². The van der Waals surface area contributed by atoms with Crippen LogP contribution in [-0.2, 0) is 5.41 Å². The van der Waals surface area contributed by atoms with E-state index in [1.165, 1.54) is 18.2 Å². The van der Waals surface area contributed by atoms with Gasteiger partial charge >= 0.3 is 0 Å². The molecular formula is C28H26ClN5O3. The molecule has 8 nitrogen and oxygen atoms in total. The lowest BCUT2D eigenvalue weighted by Gasteiger charge is -2.23. The zero-order valence-electron chi connectivity index (χ0n) is 21.2. The average molecular weight is 516 g/mol. The summed E-state index contributed by atoms with van der Waals surface area (Å²) in [6.45, 7) is 8.44. The first-order valence-corrected chi connectivity index (χ1v) is 11.9. The summed E-state index contributed by atoms with van der Waals surface area (Å²) < 4.78 is 5.63. The van der Waals surface area contributed by atoms with Crippen molar-refractivity contribution >= 4 is 50.8 Å². The number of hydrogen-bond acceptors (Lipinski definition) is 7. The molecule has 0 aliphatic heterocycles. The van der Waals surface area contributed by atoms with Crippen molar-refractivity contribution in [2.75, 3.05) is 7.11 Å². The third-order valence-corrected chi connectivity index (χ3v) is 6.18. The van der Waals surface area contributed by atoms with Crippen molar-refractivity contribution in [1.29, 1.82) is 0 Å². The Kier molecular flexibility index (Phi) is 7.31. The fourth-order valence-corrected chi connectivity index (χ4v) is 4.10. The number of benzene rings is 4. The van der Waals surface area contributed by atoms with Crippen LogP contribution in [0.2, 0.25) is 5.02 Å². The van der Waals surface area contributed by atoms with Gasteiger partial charge in [0.2, 0.25) is 0 Å². The molecule has 0 saturated heterocycles. The molecule has 0 bridgehead atoms. The Morgan fingerprint density at radius 3 is 1.86 bits per heavy atom. The first kappa shape index (κ1) is 25.9. The van der Waals surface area contributed by atoms with Crippen molar-refractivity contribution in [3.8, 4) is 5.75 Å². The van der Waals surface area contributed by atoms with Crippen molar-refractivity contribution in [1.82, 2.24) is 0 Å². The molecule has 0 atom stereocenters. The highest BCUT2D eigenvalue weighted by atomic mass is 35.5. The van der Waals surface area contributed by atoms with Crippen LogP contribution in [0.1, 0.15) is 31.9 Å². The summed E-state index contributed by atoms with van der Waals surface area (Å²) in [6.07, 6.45) is 0. The van der Waals surface area contributed by atoms with Crippen LogP contribution >= 0.6 is 11.6 Å². The Balaban J connectivity index is 1.69. The van der Waals surface area contributed by atoms with E-state index in [1.54, 1.807) is 13.2 Å². The number of fused-ring (bicyclic) bond motifs is 1. The third-order valence-electron chi connectivity index (χ3n) is 5.88. The zero-order valence-corrected chi connectivity index (χ0v) is 21.9. The number of aryl methyl sites for hydroxylation is 1. The summed E-state index contributed by atoms with van der Waals surface area (Å²) in [6, 6.07) is 19.4. The smallest absolute Gasteiger partial charge is 0.271 e. The number of ether oxygens (including phenoxy) is 1. The number of hydrogen-bond donors (Lipinski definition) is 0. The first-order valence-electron chi connectivity index (χ1n) is 11.6. The summed E-state index contributed by atoms with van der Waals surface area (Å²) in [5.41, 5.74) is 4.30. The van der Waals surface area contributed by atoms with Gasteiger partial charge in [0.1, 0.15) is 11.4 Å². The molecule has 0 aliphatic rings. The fraction of sp³-hybridized carbons (Fsp3) is 0.214. The molecule has 0 aliphatic carbocycles. The maximum Gasteiger partial charge on any atom is 0.271 e. The Labute approximate surface area is 219 Å². The van der Waals surface area contributed by atoms with Gasteiger partial charge in [-0.1, -0.05) is 56.6 Å². The van der Waals surface area contributed by atoms with Gasteiger partial charge in [0, 0.05) is 29.0 Å². The highest BCUT2D eigenvalue weighted by Crippen LogP contribution is 2.39. The molecule has 4 aromatic carbocycles. The molecule has 0 amide bonds. The summed E-state index contributed by atoms with van der Waals surface area (Å²) in [4.78, 5) is 10.4. The summed E-state index contributed by atoms with van der Waals surface area (Å²) in [7, 11) is 1.66. The van der Waals surface area contributed by atoms with Crippen LogP contribution < -0.4 is 4.74 Å². The van der Waals surface area contributed by atoms with Crippen LogP contribution in [-0.4, -0.2) is 12.0 Å². The molecule has 37 heavy (non-hydrogen) atoms. The average Bonchev–Trinajstić information content (AvgIpc) is 2.86. The van der Waals surface area contributed by atoms with Crippen LogP contribution in [0.5, 0.6) is 5.75 Å². The highest BCUT2D eigenvalue weighted by Gasteiger charge is 2.20. The van der Waals surface area contributed by atoms with Crippen molar-refractivity contribution in [3.05, 3.63) is 93.0 Å². The normalized spacial score (nSPS) is 12.1. The van der Waals surface area contributed by atoms with Gasteiger partial charge in [-0.05, 0) is 47.7 Å². The number of methoxy groups -OCH3 is 1. The van der Waals surface area contributed by atoms with Gasteiger partial charge in [0.15, 0.2) is 0 Å². The fourth-order valence-electron chi connectivity index (χ4n) is 3.89. The molecular weight excluding hydrogens is 490 g/mol. The second kappa shape index (κ2) is 10.4. The van der Waals surface area contributed by atoms with Crippen molar-refractivity contribution < 1.29 is 9.66 Å². The van der Waals surface area contributed by atoms with Gasteiger partial charge in [-0.3, -0.25) is 10.1 Å². The van der Waals surface area contributed by atoms with Gasteiger partial charge in [0.25, 0.3) is 5.69 Å². The first-order chi connectivity index (χ1) is 17.6. The lowest BCUT2D eigenvalue weighted by molar-refractivity contribution is -0.384. The van der Waals surface area contributed by atoms with E-state index in [2.05, 4.69) is 47.3 Å². The minimum absolute atomic E-state index is 0.0644. The molecule has 0 aromatic heterocycles. The number of nitro benzene ring substituents is 1. The van der Waals surface area contributed by atoms with Crippen LogP contribution in [0.4, 0.5) is 28.4 Å². The second-order valence-corrected chi connectivity index (χ2v) is 9.94. The van der Waals surface area contributed by atoms with E-state index < -0.39 is 4.92 Å². The van der Waals surface area contributed by atoms with Gasteiger partial charge in [0.05, 0.1) is 34.1 Å². The minimum Gasteiger partial charge on any atom is -0.496 e. The van der Waals surface area contributed by atoms with Gasteiger partial charge < -0.3 is 4.74 Å². The molecule has 4 rings (SSSR count). The van der Waals surface area contributed by atoms with Gasteiger partial charge in [-0.2, -0.15) is 5.11 Å². The van der Waals surface area contributed by atoms with Crippen LogP contribution in [0.15, 0.2) is 87.2 Å². The Morgan fingerprint density at radius 1 is 0.811 bits per heavy atom. The topological polar surface area (TPSA) is 102 Å². The van der Waals surface area contributed by atoms with E-state index in [1.807, 2.05) is 43.3 Å². The second-order valence-electron chi connectivity index (χ2n) is 9.53. The van der Waals surface area contributed by atoms with Gasteiger partial charge in [-0.15, -0.1) is 15.3 Å². The predicted molar refractivity (Wildman–Crippen MR) is 147 cm³/mol. The number of rotatable bonds is 6. The maximum absolute atomic E-state index is 10.9. The van der Waals surface area contributed by atoms with Crippen molar-refractivity contribution in [2.24, 2.45) is 20.5 Å². The highest BCUT2D eigenvalue weighted by molar-refractivity contribution is 6.33. The minimum atomic E-state index is -0.510. The zero-order chi connectivity index (χ0) is 26.7. The quantitative estimate of drug-likeness (QED) is 0.145. The number of nitrogens with zero attached hydrogens (tertiary/aromatic N) is 5. The number of non-ortho nitro benzene ring substituents is 1. The maximum atomic E-state index is 10.9. The van der Waals surface area contributed by atoms with E-state index in [0.717, 1.165) is 33.3 Å². The van der Waals surface area contributed by atoms with E-state index >= 15 is 0 Å². The van der Waals surface area contributed by atoms with Gasteiger partial charge in [-0.25, -0.2) is 0 Å². The largest absolute Gasteiger partial charge is 0.496 e. The van der Waals surface area contributed by atoms with Crippen molar-refractivity contribution in [2.45, 2.75) is 33.1 Å². The number of halogens is 1. The molecule has 9 heteroatoms. The van der Waals surface area contributed by atoms with Crippen LogP contribution in [0.25, 0.3) is 10.8 Å². The van der Waals surface area contributed by atoms with E-state index in [4.69, 9.17) is 16.3 Å². The van der Waals surface area contributed by atoms with Crippen LogP contribution in [0, 0.1) is 17.0 Å². The van der Waals surface area contributed by atoms with E-state index in [-0.39, 0.29) is 16.1 Å². The monoisotopic (exact) mass is 515 g/mol. The number of nitro groups is 1. The molecule has 0 heterocycles. The molecule has 0 radical (unpaired) electrons. The summed E-state index contributed by atoms with van der Waals surface area (Å²) in [5, 5.41) is 30.4. The standard InChI is InChI=1S/C28H26ClN5O3/c1-17-14-21(28(2,3)4)27(37-5)16-26(17)33-31-24-13-12-23(19-8-6-7-9-20(19)24)30-32-25-11-10-18(34(35)36)15-22(25)29/h6-16H,1-5H3. The lowest BCUT2D eigenvalue weighted by atomic mass is 9.85. The lowest BCUT2D eigenvalue weighted by Crippen LogP contribution is -2.13. The Morgan fingerprint density at radius 2 is 1.35 bits per heavy atom. The summed E-state index contributed by atoms with van der Waals surface area (Å²) in [5.74, 6) is 0.776. The molecule has 0 N–H and O–H groups in total. The summed E-state index contributed by atoms with van der Waals surface area (Å²) >= 11 is 6.16. The molecule has 0 saturated carbocycles. The van der Waals surface area contributed by atoms with E-state index in [9.17, 15) is 10.1 Å². The SMILES string of the molecule is COc1cc(N=Nc2ccc(N=Nc3ccc([N+](=O)[O-])cc3Cl)c3ccccc23)c(C)cc1C(C)(C)C. The van der Waals surface area contributed by atoms with Crippen molar-refractivity contribution in [3.63, 3.8) is 0 Å².